The van der Waals surface area contributed by atoms with Crippen LogP contribution < -0.4 is 0 Å². The second kappa shape index (κ2) is 7.48. The summed E-state index contributed by atoms with van der Waals surface area (Å²) in [6.45, 7) is 8.87. The van der Waals surface area contributed by atoms with Crippen LogP contribution in [0.25, 0.3) is 0 Å². The molecule has 0 saturated heterocycles. The number of allylic oxidation sites excluding steroid dienone is 1. The summed E-state index contributed by atoms with van der Waals surface area (Å²) in [7, 11) is -5.12. The van der Waals surface area contributed by atoms with E-state index >= 15 is 0 Å². The zero-order chi connectivity index (χ0) is 11.8. The van der Waals surface area contributed by atoms with Gasteiger partial charge in [0.1, 0.15) is 0 Å². The summed E-state index contributed by atoms with van der Waals surface area (Å²) in [5, 5.41) is 0. The van der Waals surface area contributed by atoms with Crippen LogP contribution in [0.15, 0.2) is 12.7 Å². The summed E-state index contributed by atoms with van der Waals surface area (Å²) >= 11 is 0. The minimum Gasteiger partial charge on any atom is -0.366 e. The number of hydrogen-bond acceptors (Lipinski definition) is 5. The highest BCUT2D eigenvalue weighted by Gasteiger charge is 2.35. The molecule has 14 heavy (non-hydrogen) atoms. The molecule has 5 nitrogen and oxygen atoms in total. The smallest absolute Gasteiger partial charge is 0.366 e. The van der Waals surface area contributed by atoms with Crippen molar-refractivity contribution in [2.24, 2.45) is 0 Å². The molecule has 0 radical (unpaired) electrons. The fourth-order valence-electron chi connectivity index (χ4n) is 0.181. The van der Waals surface area contributed by atoms with E-state index in [0.29, 0.717) is 0 Å². The molecule has 0 aliphatic heterocycles. The third-order valence-electron chi connectivity index (χ3n) is 0.692. The van der Waals surface area contributed by atoms with Crippen molar-refractivity contribution in [1.82, 2.24) is 0 Å². The molecule has 0 spiro atoms. The zero-order valence-electron chi connectivity index (χ0n) is 9.15. The Morgan fingerprint density at radius 3 is 1.64 bits per heavy atom. The molecule has 0 aliphatic rings. The van der Waals surface area contributed by atoms with Gasteiger partial charge in [0.15, 0.2) is 0 Å². The maximum atomic E-state index is 8.31. The summed E-state index contributed by atoms with van der Waals surface area (Å²) < 4.78 is 8.51. The van der Waals surface area contributed by atoms with Crippen LogP contribution in [0, 0.1) is 0 Å². The third-order valence-corrected chi connectivity index (χ3v) is 2.33. The Balaban J connectivity index is 0. The summed E-state index contributed by atoms with van der Waals surface area (Å²) in [5.74, 6) is 0. The minimum absolute atomic E-state index is 1.22. The van der Waals surface area contributed by atoms with Gasteiger partial charge in [-0.3, -0.25) is 4.58 Å². The van der Waals surface area contributed by atoms with Crippen molar-refractivity contribution < 1.29 is 23.5 Å². The predicted molar refractivity (Wildman–Crippen MR) is 62.9 cm³/mol. The first-order valence-corrected chi connectivity index (χ1v) is 10.8. The van der Waals surface area contributed by atoms with Crippen LogP contribution >= 0.6 is 0 Å². The van der Waals surface area contributed by atoms with Crippen molar-refractivity contribution in [3.8, 4) is 0 Å². The van der Waals surface area contributed by atoms with Gasteiger partial charge in [-0.25, -0.2) is 4.58 Å². The molecule has 86 valence electrons. The lowest BCUT2D eigenvalue weighted by molar-refractivity contribution is -0.187. The first-order valence-electron chi connectivity index (χ1n) is 4.27. The predicted octanol–water partition coefficient (Wildman–Crippen LogP) is -0.862. The van der Waals surface area contributed by atoms with Crippen LogP contribution in [0.2, 0.25) is 25.7 Å². The minimum atomic E-state index is -4.45. The van der Waals surface area contributed by atoms with E-state index in [1.807, 2.05) is 6.08 Å². The van der Waals surface area contributed by atoms with E-state index in [0.717, 1.165) is 0 Å². The number of hydrogen-bond donors (Lipinski definition) is 3. The van der Waals surface area contributed by atoms with Crippen LogP contribution in [0.4, 0.5) is 0 Å². The Kier molecular flexibility index (Phi) is 8.87. The first kappa shape index (κ1) is 16.6. The highest BCUT2D eigenvalue weighted by atomic mass is 28.4. The lowest BCUT2D eigenvalue weighted by atomic mass is 10.8. The molecule has 0 amide bonds. The van der Waals surface area contributed by atoms with Gasteiger partial charge in [0, 0.05) is 10.2 Å². The van der Waals surface area contributed by atoms with Crippen LogP contribution in [0.5, 0.6) is 0 Å². The van der Waals surface area contributed by atoms with E-state index in [4.69, 9.17) is 14.4 Å². The molecule has 8 heteroatoms. The van der Waals surface area contributed by atoms with Crippen LogP contribution in [-0.4, -0.2) is 42.0 Å². The first-order chi connectivity index (χ1) is 6.12. The molecular weight excluding hydrogens is 236 g/mol. The molecule has 3 N–H and O–H groups in total. The Hall–Kier alpha value is 0.191. The van der Waals surface area contributed by atoms with Crippen molar-refractivity contribution in [2.45, 2.75) is 25.7 Å². The molecule has 0 aliphatic carbocycles. The average molecular weight is 256 g/mol. The van der Waals surface area contributed by atoms with Gasteiger partial charge in [0.25, 0.3) is 0 Å². The Labute approximate surface area is 90.0 Å². The van der Waals surface area contributed by atoms with Gasteiger partial charge >= 0.3 is 9.05 Å². The fraction of sp³-hybridized carbons (Fsp3) is 0.667. The summed E-state index contributed by atoms with van der Waals surface area (Å²) in [4.78, 5) is 24.9. The van der Waals surface area contributed by atoms with Crippen LogP contribution in [0.3, 0.4) is 0 Å². The molecule has 0 fully saturated rings. The number of rotatable bonds is 4. The van der Waals surface area contributed by atoms with Gasteiger partial charge in [0.2, 0.25) is 8.32 Å². The van der Waals surface area contributed by atoms with E-state index < -0.39 is 17.4 Å². The molecule has 0 atom stereocenters. The van der Waals surface area contributed by atoms with E-state index in [2.05, 4.69) is 15.7 Å². The average Bonchev–Trinajstić information content (AvgIpc) is 1.99. The Morgan fingerprint density at radius 1 is 1.21 bits per heavy atom. The maximum absolute atomic E-state index is 8.31. The fourth-order valence-corrected chi connectivity index (χ4v) is 1.63. The lowest BCUT2D eigenvalue weighted by Gasteiger charge is -2.17. The van der Waals surface area contributed by atoms with Crippen molar-refractivity contribution in [2.75, 3.05) is 0 Å². The van der Waals surface area contributed by atoms with E-state index in [1.54, 1.807) is 19.6 Å². The second-order valence-electron chi connectivity index (χ2n) is 3.55. The van der Waals surface area contributed by atoms with Gasteiger partial charge < -0.3 is 14.4 Å². The molecule has 0 aromatic carbocycles. The van der Waals surface area contributed by atoms with Crippen LogP contribution in [0.1, 0.15) is 0 Å². The molecule has 0 unspecified atom stereocenters. The van der Waals surface area contributed by atoms with E-state index in [-0.39, 0.29) is 0 Å². The van der Waals surface area contributed by atoms with E-state index in [1.165, 1.54) is 16.3 Å². The van der Waals surface area contributed by atoms with Gasteiger partial charge in [0.05, 0.1) is 0 Å². The van der Waals surface area contributed by atoms with Crippen molar-refractivity contribution in [3.05, 3.63) is 12.7 Å². The van der Waals surface area contributed by atoms with Gasteiger partial charge in [-0.15, -0.1) is 6.58 Å². The molecule has 0 aromatic heterocycles. The summed E-state index contributed by atoms with van der Waals surface area (Å²) in [5.41, 5.74) is 0. The van der Waals surface area contributed by atoms with Gasteiger partial charge in [-0.1, -0.05) is 6.08 Å². The molecule has 0 bridgehead atoms. The van der Waals surface area contributed by atoms with Crippen molar-refractivity contribution in [1.29, 1.82) is 0 Å². The Morgan fingerprint density at radius 2 is 1.57 bits per heavy atom. The zero-order valence-corrected chi connectivity index (χ0v) is 13.1. The van der Waals surface area contributed by atoms with Gasteiger partial charge in [-0.05, 0) is 25.7 Å². The van der Waals surface area contributed by atoms with Crippen molar-refractivity contribution in [3.63, 3.8) is 0 Å². The standard InChI is InChI=1S/C3H12O5Si2.C3H8Si/c1-9(2,3)7-8-10(4,5)6;1-2-3-4/h4-6H,1-3H3;2H,1,3H2,4H3. The highest BCUT2D eigenvalue weighted by Crippen LogP contribution is 2.04. The summed E-state index contributed by atoms with van der Waals surface area (Å²) in [6, 6.07) is 1.22. The second-order valence-corrected chi connectivity index (χ2v) is 10.1. The third kappa shape index (κ3) is 22.8. The van der Waals surface area contributed by atoms with E-state index in [9.17, 15) is 0 Å². The largest absolute Gasteiger partial charge is 0.698 e. The molecule has 0 rings (SSSR count). The molecule has 0 aromatic rings. The van der Waals surface area contributed by atoms with Crippen LogP contribution in [-0.2, 0) is 9.15 Å². The maximum Gasteiger partial charge on any atom is 0.698 e. The monoisotopic (exact) mass is 256 g/mol. The molecule has 0 heterocycles. The Bertz CT molecular complexity index is 137. The normalized spacial score (nSPS) is 11.9. The quantitative estimate of drug-likeness (QED) is 0.264. The topological polar surface area (TPSA) is 79.2 Å². The molecule has 0 saturated carbocycles. The SMILES string of the molecule is C=CC[SiH3].C[Si](C)(C)OO[Si](O)(O)O. The van der Waals surface area contributed by atoms with Gasteiger partial charge in [-0.2, -0.15) is 0 Å². The van der Waals surface area contributed by atoms with Crippen molar-refractivity contribution >= 4 is 27.6 Å². The highest BCUT2D eigenvalue weighted by molar-refractivity contribution is 6.69. The summed E-state index contributed by atoms with van der Waals surface area (Å²) in [6.07, 6.45) is 1.94. The lowest BCUT2D eigenvalue weighted by Crippen LogP contribution is -2.42. The molecular formula is C6H20O5Si3.